The Bertz CT molecular complexity index is 647. The van der Waals surface area contributed by atoms with Gasteiger partial charge >= 0.3 is 6.09 Å². The van der Waals surface area contributed by atoms with E-state index in [0.717, 1.165) is 0 Å². The van der Waals surface area contributed by atoms with E-state index in [0.29, 0.717) is 17.2 Å². The van der Waals surface area contributed by atoms with Gasteiger partial charge in [0.15, 0.2) is 0 Å². The highest BCUT2D eigenvalue weighted by molar-refractivity contribution is 6.00. The molecule has 0 fully saturated rings. The van der Waals surface area contributed by atoms with E-state index in [2.05, 4.69) is 10.6 Å². The van der Waals surface area contributed by atoms with Gasteiger partial charge in [-0.15, -0.1) is 0 Å². The number of hydrogen-bond donors (Lipinski definition) is 3. The molecule has 9 nitrogen and oxygen atoms in total. The number of rotatable bonds is 9. The van der Waals surface area contributed by atoms with Crippen LogP contribution < -0.4 is 25.8 Å². The van der Waals surface area contributed by atoms with Crippen LogP contribution in [0.15, 0.2) is 18.2 Å². The number of methoxy groups -OCH3 is 2. The molecule has 0 aliphatic rings. The molecule has 0 heterocycles. The predicted octanol–water partition coefficient (Wildman–Crippen LogP) is 1.27. The van der Waals surface area contributed by atoms with Gasteiger partial charge in [0, 0.05) is 6.07 Å². The number of carbonyl (C=O) groups is 3. The van der Waals surface area contributed by atoms with Crippen molar-refractivity contribution in [2.45, 2.75) is 26.3 Å². The minimum Gasteiger partial charge on any atom is -0.497 e. The summed E-state index contributed by atoms with van der Waals surface area (Å²) in [6.45, 7) is 3.92. The molecule has 1 atom stereocenters. The lowest BCUT2D eigenvalue weighted by atomic mass is 10.1. The highest BCUT2D eigenvalue weighted by Crippen LogP contribution is 2.29. The van der Waals surface area contributed by atoms with Crippen LogP contribution in [0.5, 0.6) is 11.5 Å². The molecule has 0 radical (unpaired) electrons. The first-order valence-electron chi connectivity index (χ1n) is 8.01. The topological polar surface area (TPSA) is 129 Å². The van der Waals surface area contributed by atoms with Crippen molar-refractivity contribution in [3.8, 4) is 11.5 Å². The predicted molar refractivity (Wildman–Crippen MR) is 95.1 cm³/mol. The molecule has 0 bridgehead atoms. The Morgan fingerprint density at radius 3 is 2.38 bits per heavy atom. The molecule has 1 aromatic rings. The maximum absolute atomic E-state index is 12.5. The van der Waals surface area contributed by atoms with E-state index in [1.54, 1.807) is 18.2 Å². The Balaban J connectivity index is 2.89. The van der Waals surface area contributed by atoms with Crippen molar-refractivity contribution in [1.29, 1.82) is 0 Å². The van der Waals surface area contributed by atoms with Crippen LogP contribution in [0.3, 0.4) is 0 Å². The Hall–Kier alpha value is -2.97. The van der Waals surface area contributed by atoms with Crippen molar-refractivity contribution in [2.24, 2.45) is 11.7 Å². The fourth-order valence-electron chi connectivity index (χ4n) is 1.97. The molecule has 9 heteroatoms. The lowest BCUT2D eigenvalue weighted by Gasteiger charge is -2.19. The molecular weight excluding hydrogens is 342 g/mol. The molecule has 3 amide bonds. The van der Waals surface area contributed by atoms with E-state index in [4.69, 9.17) is 19.9 Å². The zero-order valence-corrected chi connectivity index (χ0v) is 15.3. The molecule has 0 unspecified atom stereocenters. The highest BCUT2D eigenvalue weighted by atomic mass is 16.5. The van der Waals surface area contributed by atoms with E-state index in [-0.39, 0.29) is 18.9 Å². The summed E-state index contributed by atoms with van der Waals surface area (Å²) >= 11 is 0. The number of nitrogens with one attached hydrogen (secondary N) is 2. The van der Waals surface area contributed by atoms with Gasteiger partial charge in [0.05, 0.1) is 32.9 Å². The van der Waals surface area contributed by atoms with Crippen molar-refractivity contribution in [3.63, 3.8) is 0 Å². The molecule has 0 spiro atoms. The monoisotopic (exact) mass is 367 g/mol. The summed E-state index contributed by atoms with van der Waals surface area (Å²) in [5.74, 6) is -0.370. The molecule has 1 rings (SSSR count). The van der Waals surface area contributed by atoms with Crippen molar-refractivity contribution < 1.29 is 28.6 Å². The van der Waals surface area contributed by atoms with Crippen LogP contribution in [0, 0.1) is 5.92 Å². The van der Waals surface area contributed by atoms with Crippen molar-refractivity contribution in [3.05, 3.63) is 18.2 Å². The van der Waals surface area contributed by atoms with Crippen LogP contribution in [0.25, 0.3) is 0 Å². The van der Waals surface area contributed by atoms with E-state index in [1.807, 2.05) is 13.8 Å². The number of benzene rings is 1. The Morgan fingerprint density at radius 1 is 1.15 bits per heavy atom. The summed E-state index contributed by atoms with van der Waals surface area (Å²) < 4.78 is 15.3. The van der Waals surface area contributed by atoms with Gasteiger partial charge in [-0.25, -0.2) is 4.79 Å². The number of primary amides is 1. The van der Waals surface area contributed by atoms with Crippen LogP contribution in [0.4, 0.5) is 10.5 Å². The summed E-state index contributed by atoms with van der Waals surface area (Å²) in [6.07, 6.45) is -1.19. The SMILES string of the molecule is COc1ccc(OC)c(NC(=O)[C@H](CC(N)=O)NC(=O)OCC(C)C)c1. The normalized spacial score (nSPS) is 11.4. The second kappa shape index (κ2) is 10.1. The number of ether oxygens (including phenoxy) is 3. The van der Waals surface area contributed by atoms with Gasteiger partial charge in [0.1, 0.15) is 17.5 Å². The fraction of sp³-hybridized carbons (Fsp3) is 0.471. The fourth-order valence-corrected chi connectivity index (χ4v) is 1.97. The number of nitrogens with two attached hydrogens (primary N) is 1. The zero-order valence-electron chi connectivity index (χ0n) is 15.3. The van der Waals surface area contributed by atoms with Crippen LogP contribution in [-0.4, -0.2) is 44.8 Å². The summed E-state index contributed by atoms with van der Waals surface area (Å²) in [5.41, 5.74) is 5.49. The van der Waals surface area contributed by atoms with Gasteiger partial charge in [-0.3, -0.25) is 9.59 Å². The molecule has 0 saturated carbocycles. The third-order valence-electron chi connectivity index (χ3n) is 3.23. The third kappa shape index (κ3) is 6.88. The third-order valence-corrected chi connectivity index (χ3v) is 3.23. The van der Waals surface area contributed by atoms with Gasteiger partial charge in [-0.2, -0.15) is 0 Å². The van der Waals surface area contributed by atoms with Gasteiger partial charge in [-0.1, -0.05) is 13.8 Å². The minimum atomic E-state index is -1.19. The number of hydrogen-bond acceptors (Lipinski definition) is 6. The summed E-state index contributed by atoms with van der Waals surface area (Å²) in [5, 5.41) is 4.93. The average Bonchev–Trinajstić information content (AvgIpc) is 2.58. The number of anilines is 1. The highest BCUT2D eigenvalue weighted by Gasteiger charge is 2.25. The number of alkyl carbamates (subject to hydrolysis) is 1. The lowest BCUT2D eigenvalue weighted by molar-refractivity contribution is -0.123. The van der Waals surface area contributed by atoms with Gasteiger partial charge in [0.25, 0.3) is 0 Å². The Kier molecular flexibility index (Phi) is 8.20. The van der Waals surface area contributed by atoms with Crippen molar-refractivity contribution in [2.75, 3.05) is 26.1 Å². The number of carbonyl (C=O) groups excluding carboxylic acids is 3. The van der Waals surface area contributed by atoms with E-state index in [9.17, 15) is 14.4 Å². The standard InChI is InChI=1S/C17H25N3O6/c1-10(2)9-26-17(23)20-13(8-15(18)21)16(22)19-12-7-11(24-3)5-6-14(12)25-4/h5-7,10,13H,8-9H2,1-4H3,(H2,18,21)(H,19,22)(H,20,23)/t13-/m0/s1. The van der Waals surface area contributed by atoms with Gasteiger partial charge in [-0.05, 0) is 18.1 Å². The first-order chi connectivity index (χ1) is 12.3. The number of amides is 3. The molecule has 0 saturated heterocycles. The van der Waals surface area contributed by atoms with Gasteiger partial charge < -0.3 is 30.6 Å². The average molecular weight is 367 g/mol. The molecule has 4 N–H and O–H groups in total. The molecule has 0 aliphatic heterocycles. The first-order valence-corrected chi connectivity index (χ1v) is 8.01. The Labute approximate surface area is 152 Å². The van der Waals surface area contributed by atoms with E-state index in [1.165, 1.54) is 14.2 Å². The van der Waals surface area contributed by atoms with Crippen LogP contribution >= 0.6 is 0 Å². The van der Waals surface area contributed by atoms with Crippen molar-refractivity contribution >= 4 is 23.6 Å². The molecule has 26 heavy (non-hydrogen) atoms. The zero-order chi connectivity index (χ0) is 19.7. The van der Waals surface area contributed by atoms with Crippen LogP contribution in [-0.2, 0) is 14.3 Å². The quantitative estimate of drug-likeness (QED) is 0.603. The summed E-state index contributed by atoms with van der Waals surface area (Å²) in [7, 11) is 2.93. The first kappa shape index (κ1) is 21.1. The molecule has 144 valence electrons. The van der Waals surface area contributed by atoms with Crippen LogP contribution in [0.1, 0.15) is 20.3 Å². The van der Waals surface area contributed by atoms with Gasteiger partial charge in [0.2, 0.25) is 11.8 Å². The second-order valence-corrected chi connectivity index (χ2v) is 5.92. The maximum Gasteiger partial charge on any atom is 0.407 e. The van der Waals surface area contributed by atoms with Crippen molar-refractivity contribution in [1.82, 2.24) is 5.32 Å². The van der Waals surface area contributed by atoms with E-state index < -0.39 is 23.9 Å². The Morgan fingerprint density at radius 2 is 1.85 bits per heavy atom. The van der Waals surface area contributed by atoms with E-state index >= 15 is 0 Å². The molecule has 0 aliphatic carbocycles. The smallest absolute Gasteiger partial charge is 0.407 e. The maximum atomic E-state index is 12.5. The summed E-state index contributed by atoms with van der Waals surface area (Å²) in [6, 6.07) is 3.64. The second-order valence-electron chi connectivity index (χ2n) is 5.92. The summed E-state index contributed by atoms with van der Waals surface area (Å²) in [4.78, 5) is 35.6. The molecular formula is C17H25N3O6. The minimum absolute atomic E-state index is 0.130. The lowest BCUT2D eigenvalue weighted by Crippen LogP contribution is -2.46. The van der Waals surface area contributed by atoms with Crippen LogP contribution in [0.2, 0.25) is 0 Å². The molecule has 1 aromatic carbocycles. The largest absolute Gasteiger partial charge is 0.497 e. The molecule has 0 aromatic heterocycles.